The highest BCUT2D eigenvalue weighted by Gasteiger charge is 2.18. The van der Waals surface area contributed by atoms with E-state index in [1.54, 1.807) is 4.90 Å². The third-order valence-electron chi connectivity index (χ3n) is 5.35. The van der Waals surface area contributed by atoms with Crippen molar-refractivity contribution in [3.05, 3.63) is 75.3 Å². The number of carbonyl (C=O) groups excluding carboxylic acids is 1. The number of hydrogen-bond acceptors (Lipinski definition) is 6. The van der Waals surface area contributed by atoms with E-state index in [1.807, 2.05) is 36.4 Å². The second-order valence-electron chi connectivity index (χ2n) is 7.52. The molecule has 1 aromatic carbocycles. The Kier molecular flexibility index (Phi) is 7.11. The van der Waals surface area contributed by atoms with Crippen LogP contribution < -0.4 is 11.4 Å². The van der Waals surface area contributed by atoms with Crippen LogP contribution in [0.5, 0.6) is 0 Å². The second-order valence-corrected chi connectivity index (χ2v) is 8.68. The number of thiophene rings is 1. The van der Waals surface area contributed by atoms with Crippen LogP contribution in [0.4, 0.5) is 8.78 Å². The number of benzene rings is 1. The minimum Gasteiger partial charge on any atom is -0.378 e. The summed E-state index contributed by atoms with van der Waals surface area (Å²) in [5.74, 6) is -0.00612. The van der Waals surface area contributed by atoms with Gasteiger partial charge in [-0.3, -0.25) is 9.36 Å². The van der Waals surface area contributed by atoms with Gasteiger partial charge in [-0.15, -0.1) is 11.3 Å². The van der Waals surface area contributed by atoms with Crippen LogP contribution in [-0.2, 0) is 17.8 Å². The molecule has 2 N–H and O–H groups in total. The summed E-state index contributed by atoms with van der Waals surface area (Å²) in [6, 6.07) is 11.3. The summed E-state index contributed by atoms with van der Waals surface area (Å²) in [5.41, 5.74) is 6.10. The van der Waals surface area contributed by atoms with Gasteiger partial charge < -0.3 is 15.4 Å². The zero-order chi connectivity index (χ0) is 23.4. The summed E-state index contributed by atoms with van der Waals surface area (Å²) in [4.78, 5) is 28.7. The van der Waals surface area contributed by atoms with Gasteiger partial charge in [0.2, 0.25) is 0 Å². The van der Waals surface area contributed by atoms with Crippen LogP contribution in [0.25, 0.3) is 10.4 Å². The molecule has 0 atom stereocenters. The van der Waals surface area contributed by atoms with Gasteiger partial charge in [0, 0.05) is 40.5 Å². The molecule has 1 amide bonds. The molecule has 1 aliphatic rings. The SMILES string of the molecule is NCC(Cn1ncn(Cc2ccc(-c3ccc(C(=O)N4CCOCC4)cc3)s2)c1=O)=C(F)F. The van der Waals surface area contributed by atoms with Crippen molar-refractivity contribution in [1.82, 2.24) is 19.2 Å². The van der Waals surface area contributed by atoms with Crippen molar-refractivity contribution in [2.24, 2.45) is 5.73 Å². The van der Waals surface area contributed by atoms with Crippen LogP contribution in [0.1, 0.15) is 15.2 Å². The fraction of sp³-hybridized carbons (Fsp3) is 0.318. The first kappa shape index (κ1) is 23.0. The summed E-state index contributed by atoms with van der Waals surface area (Å²) < 4.78 is 33.3. The van der Waals surface area contributed by atoms with E-state index in [0.717, 1.165) is 20.0 Å². The Morgan fingerprint density at radius 3 is 2.52 bits per heavy atom. The maximum absolute atomic E-state index is 12.8. The first-order valence-corrected chi connectivity index (χ1v) is 11.2. The Hall–Kier alpha value is -3.15. The Balaban J connectivity index is 1.44. The van der Waals surface area contributed by atoms with Crippen LogP contribution in [0.15, 0.2) is 59.2 Å². The first-order valence-electron chi connectivity index (χ1n) is 10.4. The molecule has 3 heterocycles. The van der Waals surface area contributed by atoms with E-state index in [1.165, 1.54) is 22.2 Å². The number of amides is 1. The quantitative estimate of drug-likeness (QED) is 0.566. The number of ether oxygens (including phenoxy) is 1. The second kappa shape index (κ2) is 10.2. The van der Waals surface area contributed by atoms with Gasteiger partial charge in [-0.25, -0.2) is 9.48 Å². The summed E-state index contributed by atoms with van der Waals surface area (Å²) in [6.07, 6.45) is -0.558. The third kappa shape index (κ3) is 5.27. The van der Waals surface area contributed by atoms with E-state index < -0.39 is 11.8 Å². The van der Waals surface area contributed by atoms with Crippen molar-refractivity contribution in [3.63, 3.8) is 0 Å². The average Bonchev–Trinajstić information content (AvgIpc) is 3.44. The van der Waals surface area contributed by atoms with Crippen LogP contribution in [0.2, 0.25) is 0 Å². The molecule has 0 bridgehead atoms. The Morgan fingerprint density at radius 2 is 1.85 bits per heavy atom. The molecule has 4 rings (SSSR count). The van der Waals surface area contributed by atoms with E-state index >= 15 is 0 Å². The highest BCUT2D eigenvalue weighted by Crippen LogP contribution is 2.29. The highest BCUT2D eigenvalue weighted by molar-refractivity contribution is 7.15. The van der Waals surface area contributed by atoms with E-state index in [0.29, 0.717) is 31.9 Å². The molecule has 1 saturated heterocycles. The van der Waals surface area contributed by atoms with Crippen LogP contribution in [0, 0.1) is 0 Å². The maximum Gasteiger partial charge on any atom is 0.346 e. The molecule has 1 fully saturated rings. The summed E-state index contributed by atoms with van der Waals surface area (Å²) in [6.45, 7) is 1.90. The number of nitrogens with zero attached hydrogens (tertiary/aromatic N) is 4. The molecular weight excluding hydrogens is 452 g/mol. The van der Waals surface area contributed by atoms with Gasteiger partial charge in [0.05, 0.1) is 26.3 Å². The summed E-state index contributed by atoms with van der Waals surface area (Å²) in [5, 5.41) is 3.92. The van der Waals surface area contributed by atoms with E-state index in [4.69, 9.17) is 10.5 Å². The number of hydrogen-bond donors (Lipinski definition) is 1. The number of nitrogens with two attached hydrogens (primary N) is 1. The zero-order valence-electron chi connectivity index (χ0n) is 17.7. The smallest absolute Gasteiger partial charge is 0.346 e. The highest BCUT2D eigenvalue weighted by atomic mass is 32.1. The van der Waals surface area contributed by atoms with Crippen molar-refractivity contribution in [2.75, 3.05) is 32.8 Å². The summed E-state index contributed by atoms with van der Waals surface area (Å²) >= 11 is 1.51. The lowest BCUT2D eigenvalue weighted by molar-refractivity contribution is 0.0303. The first-order chi connectivity index (χ1) is 16.0. The molecule has 0 radical (unpaired) electrons. The standard InChI is InChI=1S/C22H23F2N5O3S/c23-20(24)17(11-25)12-29-22(31)28(14-26-29)13-18-5-6-19(33-18)15-1-3-16(4-2-15)21(30)27-7-9-32-10-8-27/h1-6,14H,7-13,25H2. The lowest BCUT2D eigenvalue weighted by Crippen LogP contribution is -2.40. The Labute approximate surface area is 192 Å². The van der Waals surface area contributed by atoms with Crippen LogP contribution in [-0.4, -0.2) is 58.0 Å². The molecule has 11 heteroatoms. The number of carbonyl (C=O) groups is 1. The van der Waals surface area contributed by atoms with Crippen molar-refractivity contribution >= 4 is 17.2 Å². The monoisotopic (exact) mass is 475 g/mol. The predicted molar refractivity (Wildman–Crippen MR) is 120 cm³/mol. The largest absolute Gasteiger partial charge is 0.378 e. The van der Waals surface area contributed by atoms with Gasteiger partial charge in [0.15, 0.2) is 0 Å². The maximum atomic E-state index is 12.8. The van der Waals surface area contributed by atoms with Crippen molar-refractivity contribution in [3.8, 4) is 10.4 Å². The van der Waals surface area contributed by atoms with E-state index in [9.17, 15) is 18.4 Å². The molecular formula is C22H23F2N5O3S. The number of halogens is 2. The molecule has 0 unspecified atom stereocenters. The fourth-order valence-electron chi connectivity index (χ4n) is 3.48. The van der Waals surface area contributed by atoms with Crippen LogP contribution >= 0.6 is 11.3 Å². The molecule has 33 heavy (non-hydrogen) atoms. The molecule has 1 aliphatic heterocycles. The molecule has 0 saturated carbocycles. The van der Waals surface area contributed by atoms with Gasteiger partial charge in [0.25, 0.3) is 12.0 Å². The van der Waals surface area contributed by atoms with Gasteiger partial charge >= 0.3 is 5.69 Å². The zero-order valence-corrected chi connectivity index (χ0v) is 18.6. The summed E-state index contributed by atoms with van der Waals surface area (Å²) in [7, 11) is 0. The molecule has 3 aromatic rings. The topological polar surface area (TPSA) is 95.4 Å². The number of morpholine rings is 1. The fourth-order valence-corrected chi connectivity index (χ4v) is 4.50. The molecule has 8 nitrogen and oxygen atoms in total. The third-order valence-corrected chi connectivity index (χ3v) is 6.47. The van der Waals surface area contributed by atoms with Crippen LogP contribution in [0.3, 0.4) is 0 Å². The van der Waals surface area contributed by atoms with Gasteiger partial charge in [-0.2, -0.15) is 13.9 Å². The van der Waals surface area contributed by atoms with E-state index in [-0.39, 0.29) is 31.1 Å². The predicted octanol–water partition coefficient (Wildman–Crippen LogP) is 2.40. The number of aromatic nitrogens is 3. The lowest BCUT2D eigenvalue weighted by atomic mass is 10.1. The average molecular weight is 476 g/mol. The normalized spacial score (nSPS) is 13.8. The minimum atomic E-state index is -1.89. The van der Waals surface area contributed by atoms with Gasteiger partial charge in [-0.1, -0.05) is 12.1 Å². The van der Waals surface area contributed by atoms with Crippen molar-refractivity contribution in [1.29, 1.82) is 0 Å². The van der Waals surface area contributed by atoms with Crippen molar-refractivity contribution < 1.29 is 18.3 Å². The van der Waals surface area contributed by atoms with Gasteiger partial charge in [-0.05, 0) is 29.8 Å². The van der Waals surface area contributed by atoms with Crippen molar-refractivity contribution in [2.45, 2.75) is 13.1 Å². The molecule has 2 aromatic heterocycles. The Bertz CT molecular complexity index is 1210. The minimum absolute atomic E-state index is 0.00612. The Morgan fingerprint density at radius 1 is 1.12 bits per heavy atom. The van der Waals surface area contributed by atoms with Gasteiger partial charge in [0.1, 0.15) is 6.33 Å². The van der Waals surface area contributed by atoms with E-state index in [2.05, 4.69) is 5.10 Å². The lowest BCUT2D eigenvalue weighted by Gasteiger charge is -2.26. The molecule has 174 valence electrons. The molecule has 0 aliphatic carbocycles. The number of rotatable bonds is 7. The molecule has 0 spiro atoms.